The van der Waals surface area contributed by atoms with Crippen LogP contribution in [0.3, 0.4) is 0 Å². The quantitative estimate of drug-likeness (QED) is 0.149. The molecule has 0 heterocycles. The maximum atomic E-state index is 10.8. The molecule has 0 N–H and O–H groups in total. The Labute approximate surface area is 300 Å². The van der Waals surface area contributed by atoms with E-state index in [1.54, 1.807) is 0 Å². The molecule has 13 nitrogen and oxygen atoms in total. The standard InChI is InChI=1S/C14H23N3O10.Ca.In.3Na/c18-10(19)5-15(1-3-16(6-11(20)21)7-12(22)23)2-4-17(8-13(24)25)9-14(26)27;;;;;/h1-9H2,(H,18,19)(H,20,21)(H,22,23)(H,24,25)(H,26,27);;;;;/q;+2;;3*+1/p-5/i;;1-4;;;. The predicted molar refractivity (Wildman–Crippen MR) is 85.9 cm³/mol. The first-order valence-electron chi connectivity index (χ1n) is 7.66. The maximum absolute atomic E-state index is 10.8. The summed E-state index contributed by atoms with van der Waals surface area (Å²) >= 11 is 0. The Hall–Kier alpha value is 2.36. The van der Waals surface area contributed by atoms with Crippen molar-refractivity contribution in [3.63, 3.8) is 0 Å². The molecule has 0 amide bonds. The average molecular weight is 608 g/mol. The fraction of sp³-hybridized carbons (Fsp3) is 0.643. The van der Waals surface area contributed by atoms with E-state index < -0.39 is 62.6 Å². The summed E-state index contributed by atoms with van der Waals surface area (Å²) in [7, 11) is 0. The number of carboxylic acid groups (broad SMARTS) is 5. The molecule has 0 aliphatic carbocycles. The molecule has 0 fully saturated rings. The van der Waals surface area contributed by atoms with Crippen molar-refractivity contribution < 1.29 is 138 Å². The van der Waals surface area contributed by atoms with E-state index in [0.717, 1.165) is 9.80 Å². The van der Waals surface area contributed by atoms with Crippen molar-refractivity contribution in [2.45, 2.75) is 0 Å². The van der Waals surface area contributed by atoms with E-state index in [9.17, 15) is 49.5 Å². The third-order valence-corrected chi connectivity index (χ3v) is 3.23. The summed E-state index contributed by atoms with van der Waals surface area (Å²) in [6.07, 6.45) is 0. The smallest absolute Gasteiger partial charge is 0.549 e. The fourth-order valence-electron chi connectivity index (χ4n) is 2.18. The normalized spacial score (nSPS) is 9.34. The molecule has 0 aromatic rings. The molecule has 0 aromatic heterocycles. The van der Waals surface area contributed by atoms with E-state index in [0.29, 0.717) is 0 Å². The fourth-order valence-corrected chi connectivity index (χ4v) is 2.18. The van der Waals surface area contributed by atoms with Crippen LogP contribution in [0.25, 0.3) is 0 Å². The Morgan fingerprint density at radius 1 is 0.438 bits per heavy atom. The number of aliphatic carboxylic acids is 5. The minimum absolute atomic E-state index is 0. The van der Waals surface area contributed by atoms with E-state index in [-0.39, 0.29) is 178 Å². The molecule has 0 rings (SSSR count). The van der Waals surface area contributed by atoms with Crippen LogP contribution in [0.5, 0.6) is 0 Å². The molecule has 0 spiro atoms. The van der Waals surface area contributed by atoms with Crippen molar-refractivity contribution in [2.75, 3.05) is 58.9 Å². The van der Waals surface area contributed by atoms with E-state index in [1.165, 1.54) is 4.90 Å². The molecular formula is C14H18CaInN3Na3O10. The first-order valence-corrected chi connectivity index (χ1v) is 7.66. The molecule has 0 bridgehead atoms. The Morgan fingerprint density at radius 2 is 0.594 bits per heavy atom. The van der Waals surface area contributed by atoms with Crippen molar-refractivity contribution in [3.05, 3.63) is 0 Å². The molecule has 0 saturated carbocycles. The number of nitrogens with zero attached hydrogens (tertiary/aromatic N) is 3. The Kier molecular flexibility index (Phi) is 41.5. The van der Waals surface area contributed by atoms with E-state index in [2.05, 4.69) is 0 Å². The van der Waals surface area contributed by atoms with Gasteiger partial charge in [0.05, 0.1) is 29.8 Å². The summed E-state index contributed by atoms with van der Waals surface area (Å²) in [6, 6.07) is 0. The minimum Gasteiger partial charge on any atom is -0.549 e. The van der Waals surface area contributed by atoms with Crippen LogP contribution in [0.15, 0.2) is 0 Å². The molecule has 0 atom stereocenters. The van der Waals surface area contributed by atoms with Gasteiger partial charge in [-0.2, -0.15) is 0 Å². The third-order valence-electron chi connectivity index (χ3n) is 3.23. The zero-order valence-corrected chi connectivity index (χ0v) is 30.1. The van der Waals surface area contributed by atoms with Crippen LogP contribution >= 0.6 is 0 Å². The number of carboxylic acids is 5. The van der Waals surface area contributed by atoms with Gasteiger partial charge in [0.25, 0.3) is 0 Å². The van der Waals surface area contributed by atoms with Crippen LogP contribution < -0.4 is 114 Å². The molecule has 32 heavy (non-hydrogen) atoms. The monoisotopic (exact) mass is 608 g/mol. The van der Waals surface area contributed by atoms with E-state index in [4.69, 9.17) is 0 Å². The number of hydrogen-bond acceptors (Lipinski definition) is 13. The summed E-state index contributed by atoms with van der Waals surface area (Å²) in [5.41, 5.74) is 0. The summed E-state index contributed by atoms with van der Waals surface area (Å²) in [5.74, 6) is -7.67. The van der Waals surface area contributed by atoms with Crippen molar-refractivity contribution in [2.24, 2.45) is 0 Å². The second-order valence-corrected chi connectivity index (χ2v) is 5.56. The van der Waals surface area contributed by atoms with Crippen LogP contribution in [0, 0.1) is 0 Å². The molecule has 0 aliphatic rings. The van der Waals surface area contributed by atoms with Crippen LogP contribution in [0.2, 0.25) is 0 Å². The second-order valence-electron chi connectivity index (χ2n) is 5.56. The van der Waals surface area contributed by atoms with Gasteiger partial charge in [0.1, 0.15) is 0 Å². The van der Waals surface area contributed by atoms with Gasteiger partial charge in [-0.25, -0.2) is 0 Å². The van der Waals surface area contributed by atoms with Crippen LogP contribution in [0.1, 0.15) is 0 Å². The summed E-state index contributed by atoms with van der Waals surface area (Å²) in [5, 5.41) is 53.3. The Balaban J connectivity index is -0.000000338. The third kappa shape index (κ3) is 30.4. The first-order chi connectivity index (χ1) is 12.5. The summed E-state index contributed by atoms with van der Waals surface area (Å²) < 4.78 is 0. The SMILES string of the molecule is O=C([O-])CN(CCN(CC(=O)[O-])CC(=O)[O-])CCN(CC(=O)[O-])CC(=O)[O-].[111In].[Ca+2].[Na+].[Na+].[Na+]. The largest absolute Gasteiger partial charge is 2.00 e. The van der Waals surface area contributed by atoms with Crippen LogP contribution in [-0.4, -0.2) is 167 Å². The predicted octanol–water partition coefficient (Wildman–Crippen LogP) is -19.1. The molecule has 3 radical (unpaired) electrons. The Bertz CT molecular complexity index is 508. The van der Waals surface area contributed by atoms with Crippen molar-refractivity contribution in [3.8, 4) is 0 Å². The van der Waals surface area contributed by atoms with Gasteiger partial charge in [-0.15, -0.1) is 0 Å². The number of carbonyl (C=O) groups is 5. The van der Waals surface area contributed by atoms with Crippen molar-refractivity contribution in [1.29, 1.82) is 0 Å². The maximum Gasteiger partial charge on any atom is 2.00 e. The molecule has 0 unspecified atom stereocenters. The van der Waals surface area contributed by atoms with E-state index >= 15 is 0 Å². The van der Waals surface area contributed by atoms with Gasteiger partial charge in [-0.1, -0.05) is 0 Å². The van der Waals surface area contributed by atoms with Crippen molar-refractivity contribution >= 4 is 93.4 Å². The first kappa shape index (κ1) is 47.5. The Morgan fingerprint density at radius 3 is 0.781 bits per heavy atom. The van der Waals surface area contributed by atoms with Gasteiger partial charge in [-0.05, 0) is 0 Å². The van der Waals surface area contributed by atoms with Gasteiger partial charge in [0, 0.05) is 84.7 Å². The molecule has 0 aliphatic heterocycles. The molecule has 0 saturated heterocycles. The molecular weight excluding hydrogens is 590 g/mol. The second kappa shape index (κ2) is 27.9. The van der Waals surface area contributed by atoms with E-state index in [1.807, 2.05) is 0 Å². The molecule has 157 valence electrons. The van der Waals surface area contributed by atoms with Gasteiger partial charge in [0.15, 0.2) is 0 Å². The van der Waals surface area contributed by atoms with Gasteiger partial charge >= 0.3 is 126 Å². The number of hydrogen-bond donors (Lipinski definition) is 0. The zero-order chi connectivity index (χ0) is 21.0. The average Bonchev–Trinajstić information content (AvgIpc) is 2.46. The molecule has 18 heteroatoms. The summed E-state index contributed by atoms with van der Waals surface area (Å²) in [6.45, 7) is -4.16. The van der Waals surface area contributed by atoms with Gasteiger partial charge in [-0.3, -0.25) is 14.7 Å². The van der Waals surface area contributed by atoms with Crippen LogP contribution in [-0.2, 0) is 24.0 Å². The summed E-state index contributed by atoms with van der Waals surface area (Å²) in [4.78, 5) is 56.4. The van der Waals surface area contributed by atoms with Gasteiger partial charge in [0.2, 0.25) is 0 Å². The number of carbonyl (C=O) groups excluding carboxylic acids is 5. The number of rotatable bonds is 16. The van der Waals surface area contributed by atoms with Gasteiger partial charge < -0.3 is 49.5 Å². The van der Waals surface area contributed by atoms with Crippen molar-refractivity contribution in [1.82, 2.24) is 14.7 Å². The van der Waals surface area contributed by atoms with Crippen LogP contribution in [0.4, 0.5) is 0 Å². The topological polar surface area (TPSA) is 210 Å². The molecule has 0 aromatic carbocycles. The minimum atomic E-state index is -1.54. The zero-order valence-electron chi connectivity index (χ0n) is 18.6.